The first-order valence-corrected chi connectivity index (χ1v) is 15.5. The van der Waals surface area contributed by atoms with E-state index in [4.69, 9.17) is 28.1 Å². The van der Waals surface area contributed by atoms with Gasteiger partial charge >= 0.3 is 23.9 Å². The number of cyclic esters (lactones) is 1. The number of rotatable bonds is 6. The second-order valence-electron chi connectivity index (χ2n) is 14.7. The smallest absolute Gasteiger partial charge is 0.347 e. The van der Waals surface area contributed by atoms with Crippen molar-refractivity contribution in [3.63, 3.8) is 0 Å². The van der Waals surface area contributed by atoms with E-state index in [0.717, 1.165) is 5.56 Å². The molecule has 3 aliphatic carbocycles. The van der Waals surface area contributed by atoms with Crippen molar-refractivity contribution in [3.05, 3.63) is 24.2 Å². The number of Topliss-reactive ketones (excluding diaryl/α,β-unsaturated/α-hetero) is 1. The molecule has 0 aromatic carbocycles. The number of ketones is 1. The molecule has 3 saturated carbocycles. The van der Waals surface area contributed by atoms with Crippen molar-refractivity contribution in [1.82, 2.24) is 0 Å². The minimum absolute atomic E-state index is 0.0870. The number of carbonyl (C=O) groups excluding carboxylic acids is 5. The number of methoxy groups -OCH3 is 1. The molecule has 0 amide bonds. The zero-order valence-electron chi connectivity index (χ0n) is 26.5. The van der Waals surface area contributed by atoms with Gasteiger partial charge in [-0.15, -0.1) is 0 Å². The van der Waals surface area contributed by atoms with Gasteiger partial charge in [0.25, 0.3) is 0 Å². The third-order valence-electron chi connectivity index (χ3n) is 11.8. The van der Waals surface area contributed by atoms with Crippen LogP contribution in [0.4, 0.5) is 0 Å². The predicted octanol–water partition coefficient (Wildman–Crippen LogP) is 3.97. The first-order valence-electron chi connectivity index (χ1n) is 15.5. The Bertz CT molecular complexity index is 1400. The summed E-state index contributed by atoms with van der Waals surface area (Å²) in [6.45, 7) is 12.2. The maximum absolute atomic E-state index is 14.9. The molecule has 11 heteroatoms. The molecule has 2 saturated heterocycles. The molecule has 44 heavy (non-hydrogen) atoms. The number of ether oxygens (including phenoxy) is 5. The quantitative estimate of drug-likeness (QED) is 0.260. The Hall–Kier alpha value is -3.21. The van der Waals surface area contributed by atoms with Crippen molar-refractivity contribution in [3.8, 4) is 0 Å². The van der Waals surface area contributed by atoms with Crippen LogP contribution in [-0.4, -0.2) is 60.7 Å². The van der Waals surface area contributed by atoms with Crippen LogP contribution in [0.15, 0.2) is 23.0 Å². The second-order valence-corrected chi connectivity index (χ2v) is 14.7. The summed E-state index contributed by atoms with van der Waals surface area (Å²) in [7, 11) is 1.20. The summed E-state index contributed by atoms with van der Waals surface area (Å²) >= 11 is 0. The van der Waals surface area contributed by atoms with E-state index in [1.54, 1.807) is 32.4 Å². The van der Waals surface area contributed by atoms with E-state index in [1.165, 1.54) is 14.0 Å². The molecule has 5 aliphatic rings. The highest BCUT2D eigenvalue weighted by molar-refractivity contribution is 5.94. The van der Waals surface area contributed by atoms with Crippen molar-refractivity contribution in [1.29, 1.82) is 0 Å². The minimum atomic E-state index is -1.45. The molecular formula is C33H42O11. The van der Waals surface area contributed by atoms with E-state index in [2.05, 4.69) is 6.92 Å². The van der Waals surface area contributed by atoms with E-state index in [1.807, 2.05) is 20.8 Å². The van der Waals surface area contributed by atoms with Gasteiger partial charge < -0.3 is 28.1 Å². The molecule has 1 aromatic rings. The standard InChI is InChI=1S/C33H42O11/c1-15(2)28(37)43-26-21-24(36)32(7,23(30(26,4)5)22(29(38)39-8)41-16(3)34)18-9-11-31(6)19(33(18)27(21)44-33)13-20(35)42-25(31)17-10-12-40-14-17/h10,12,14-15,18-19,21-23,25-27H,9,11,13H2,1-8H3/t18-,19-,21+,22-,23+,25+,26+,27-,31-,32-,33-/m1/s1. The molecule has 5 fully saturated rings. The maximum atomic E-state index is 14.9. The normalized spacial score (nSPS) is 42.2. The number of carbonyl (C=O) groups is 5. The molecule has 0 unspecified atom stereocenters. The molecule has 2 bridgehead atoms. The molecule has 11 atom stereocenters. The van der Waals surface area contributed by atoms with Crippen LogP contribution in [0.2, 0.25) is 0 Å². The van der Waals surface area contributed by atoms with Crippen LogP contribution in [0.3, 0.4) is 0 Å². The Morgan fingerprint density at radius 1 is 1.05 bits per heavy atom. The Morgan fingerprint density at radius 2 is 1.75 bits per heavy atom. The molecular weight excluding hydrogens is 572 g/mol. The number of hydrogen-bond acceptors (Lipinski definition) is 11. The summed E-state index contributed by atoms with van der Waals surface area (Å²) in [5.74, 6) is -5.60. The molecule has 1 aromatic heterocycles. The van der Waals surface area contributed by atoms with Crippen molar-refractivity contribution < 1.29 is 52.1 Å². The van der Waals surface area contributed by atoms with E-state index in [-0.39, 0.29) is 24.1 Å². The Morgan fingerprint density at radius 3 is 2.34 bits per heavy atom. The molecule has 0 N–H and O–H groups in total. The number of fused-ring (bicyclic) bond motifs is 5. The molecule has 6 rings (SSSR count). The lowest BCUT2D eigenvalue weighted by Crippen LogP contribution is -2.74. The lowest BCUT2D eigenvalue weighted by Gasteiger charge is -2.65. The largest absolute Gasteiger partial charge is 0.472 e. The van der Waals surface area contributed by atoms with Crippen molar-refractivity contribution >= 4 is 29.7 Å². The van der Waals surface area contributed by atoms with Crippen molar-refractivity contribution in [2.45, 2.75) is 97.7 Å². The number of furan rings is 1. The van der Waals surface area contributed by atoms with Crippen LogP contribution < -0.4 is 0 Å². The average molecular weight is 615 g/mol. The average Bonchev–Trinajstić information content (AvgIpc) is 3.40. The summed E-state index contributed by atoms with van der Waals surface area (Å²) in [5, 5.41) is 0. The highest BCUT2D eigenvalue weighted by atomic mass is 16.6. The SMILES string of the molecule is COC(=O)[C@H](OC(C)=O)[C@H]1C(C)(C)[C@@H](OC(=O)C(C)C)[C@@H]2C(=O)[C@]1(C)[C@H]1CC[C@]3(C)[C@@H](CC(=O)O[C@H]3c3ccoc3)[C@]13O[C@H]23. The van der Waals surface area contributed by atoms with Gasteiger partial charge in [-0.05, 0) is 18.9 Å². The van der Waals surface area contributed by atoms with Gasteiger partial charge in [-0.25, -0.2) is 4.79 Å². The van der Waals surface area contributed by atoms with Crippen LogP contribution in [0.5, 0.6) is 0 Å². The zero-order valence-corrected chi connectivity index (χ0v) is 26.5. The molecule has 11 nitrogen and oxygen atoms in total. The topological polar surface area (TPSA) is 148 Å². The molecule has 3 heterocycles. The summed E-state index contributed by atoms with van der Waals surface area (Å²) in [5.41, 5.74) is -3.03. The summed E-state index contributed by atoms with van der Waals surface area (Å²) in [6, 6.07) is 1.79. The first-order chi connectivity index (χ1) is 20.6. The molecule has 240 valence electrons. The zero-order chi connectivity index (χ0) is 32.1. The number of esters is 4. The minimum Gasteiger partial charge on any atom is -0.472 e. The van der Waals surface area contributed by atoms with E-state index in [0.29, 0.717) is 12.8 Å². The number of hydrogen-bond donors (Lipinski definition) is 0. The summed E-state index contributed by atoms with van der Waals surface area (Å²) in [6.07, 6.45) is 0.720. The molecule has 0 radical (unpaired) electrons. The fraction of sp³-hybridized carbons (Fsp3) is 0.727. The third-order valence-corrected chi connectivity index (χ3v) is 11.8. The Kier molecular flexibility index (Phi) is 6.93. The van der Waals surface area contributed by atoms with Gasteiger partial charge in [0.05, 0.1) is 37.9 Å². The fourth-order valence-corrected chi connectivity index (χ4v) is 10.0. The lowest BCUT2D eigenvalue weighted by molar-refractivity contribution is -0.235. The predicted molar refractivity (Wildman–Crippen MR) is 150 cm³/mol. The van der Waals surface area contributed by atoms with Crippen LogP contribution in [0, 0.1) is 45.8 Å². The maximum Gasteiger partial charge on any atom is 0.347 e. The van der Waals surface area contributed by atoms with Crippen LogP contribution in [0.1, 0.15) is 79.4 Å². The van der Waals surface area contributed by atoms with Crippen LogP contribution in [0.25, 0.3) is 0 Å². The van der Waals surface area contributed by atoms with Crippen molar-refractivity contribution in [2.75, 3.05) is 7.11 Å². The van der Waals surface area contributed by atoms with Crippen LogP contribution >= 0.6 is 0 Å². The van der Waals surface area contributed by atoms with E-state index in [9.17, 15) is 24.0 Å². The van der Waals surface area contributed by atoms with E-state index >= 15 is 0 Å². The second kappa shape index (κ2) is 9.89. The molecule has 2 aliphatic heterocycles. The van der Waals surface area contributed by atoms with E-state index < -0.39 is 87.8 Å². The highest BCUT2D eigenvalue weighted by Gasteiger charge is 2.87. The number of epoxide rings is 1. The summed E-state index contributed by atoms with van der Waals surface area (Å²) in [4.78, 5) is 67.1. The van der Waals surface area contributed by atoms with Crippen LogP contribution in [-0.2, 0) is 47.7 Å². The van der Waals surface area contributed by atoms with Gasteiger partial charge in [0.15, 0.2) is 0 Å². The van der Waals surface area contributed by atoms with Gasteiger partial charge in [-0.2, -0.15) is 0 Å². The Balaban J connectivity index is 1.54. The van der Waals surface area contributed by atoms with Gasteiger partial charge in [0.1, 0.15) is 29.7 Å². The first kappa shape index (κ1) is 30.8. The third kappa shape index (κ3) is 3.93. The monoisotopic (exact) mass is 614 g/mol. The lowest BCUT2D eigenvalue weighted by atomic mass is 9.37. The van der Waals surface area contributed by atoms with Gasteiger partial charge in [-0.1, -0.05) is 41.5 Å². The summed E-state index contributed by atoms with van der Waals surface area (Å²) < 4.78 is 35.1. The Labute approximate surface area is 256 Å². The van der Waals surface area contributed by atoms with Gasteiger partial charge in [0, 0.05) is 46.5 Å². The van der Waals surface area contributed by atoms with Gasteiger partial charge in [0.2, 0.25) is 6.10 Å². The fourth-order valence-electron chi connectivity index (χ4n) is 10.0. The highest BCUT2D eigenvalue weighted by Crippen LogP contribution is 2.77. The van der Waals surface area contributed by atoms with Crippen molar-refractivity contribution in [2.24, 2.45) is 45.8 Å². The van der Waals surface area contributed by atoms with Gasteiger partial charge in [-0.3, -0.25) is 19.2 Å². The molecule has 1 spiro atoms.